The topological polar surface area (TPSA) is 66.8 Å². The van der Waals surface area contributed by atoms with Gasteiger partial charge in [0, 0.05) is 18.8 Å². The van der Waals surface area contributed by atoms with E-state index < -0.39 is 12.1 Å². The molecular formula is C17H23NO4. The molecule has 2 rings (SSSR count). The van der Waals surface area contributed by atoms with Crippen molar-refractivity contribution in [2.24, 2.45) is 0 Å². The zero-order chi connectivity index (χ0) is 16.1. The minimum absolute atomic E-state index is 0.0790. The van der Waals surface area contributed by atoms with Crippen LogP contribution in [0.2, 0.25) is 0 Å². The maximum absolute atomic E-state index is 12.6. The van der Waals surface area contributed by atoms with Gasteiger partial charge in [-0.25, -0.2) is 0 Å². The summed E-state index contributed by atoms with van der Waals surface area (Å²) in [6.07, 6.45) is 1.05. The number of carbonyl (C=O) groups excluding carboxylic acids is 1. The lowest BCUT2D eigenvalue weighted by atomic mass is 10.0. The summed E-state index contributed by atoms with van der Waals surface area (Å²) < 4.78 is 5.45. The Kier molecular flexibility index (Phi) is 5.55. The molecule has 120 valence electrons. The molecule has 0 bridgehead atoms. The van der Waals surface area contributed by atoms with E-state index in [1.165, 1.54) is 10.5 Å². The second kappa shape index (κ2) is 7.40. The summed E-state index contributed by atoms with van der Waals surface area (Å²) in [5.74, 6) is -0.643. The second-order valence-electron chi connectivity index (χ2n) is 5.88. The summed E-state index contributed by atoms with van der Waals surface area (Å²) >= 11 is 0. The number of carboxylic acid groups (broad SMARTS) is 1. The third kappa shape index (κ3) is 4.07. The molecule has 1 aliphatic rings. The molecule has 1 fully saturated rings. The minimum Gasteiger partial charge on any atom is -0.481 e. The first-order chi connectivity index (χ1) is 10.5. The zero-order valence-corrected chi connectivity index (χ0v) is 13.1. The minimum atomic E-state index is -0.913. The fraction of sp³-hybridized carbons (Fsp3) is 0.529. The van der Waals surface area contributed by atoms with Gasteiger partial charge >= 0.3 is 5.97 Å². The van der Waals surface area contributed by atoms with Crippen molar-refractivity contribution in [3.05, 3.63) is 29.8 Å². The standard InChI is InChI=1S/C17H23NO4/c1-12(2)13-5-7-14(8-6-13)18(10-9-16(19)20)17(21)15-4-3-11-22-15/h5-8,12,15H,3-4,9-11H2,1-2H3,(H,19,20). The number of nitrogens with zero attached hydrogens (tertiary/aromatic N) is 1. The van der Waals surface area contributed by atoms with E-state index in [9.17, 15) is 9.59 Å². The lowest BCUT2D eigenvalue weighted by molar-refractivity contribution is -0.136. The van der Waals surface area contributed by atoms with Crippen LogP contribution in [0.25, 0.3) is 0 Å². The summed E-state index contributed by atoms with van der Waals surface area (Å²) in [5, 5.41) is 8.90. The molecule has 0 spiro atoms. The predicted molar refractivity (Wildman–Crippen MR) is 84.1 cm³/mol. The molecular weight excluding hydrogens is 282 g/mol. The smallest absolute Gasteiger partial charge is 0.305 e. The first-order valence-corrected chi connectivity index (χ1v) is 7.73. The largest absolute Gasteiger partial charge is 0.481 e. The van der Waals surface area contributed by atoms with Crippen LogP contribution >= 0.6 is 0 Å². The number of anilines is 1. The van der Waals surface area contributed by atoms with Crippen LogP contribution in [0.4, 0.5) is 5.69 Å². The lowest BCUT2D eigenvalue weighted by Gasteiger charge is -2.25. The van der Waals surface area contributed by atoms with E-state index in [1.54, 1.807) is 0 Å². The SMILES string of the molecule is CC(C)c1ccc(N(CCC(=O)O)C(=O)C2CCCO2)cc1. The van der Waals surface area contributed by atoms with E-state index in [1.807, 2.05) is 24.3 Å². The van der Waals surface area contributed by atoms with Crippen molar-refractivity contribution in [1.29, 1.82) is 0 Å². The van der Waals surface area contributed by atoms with Gasteiger partial charge in [-0.05, 0) is 36.5 Å². The Balaban J connectivity index is 2.18. The Morgan fingerprint density at radius 3 is 2.50 bits per heavy atom. The van der Waals surface area contributed by atoms with Crippen molar-refractivity contribution in [1.82, 2.24) is 0 Å². The number of aliphatic carboxylic acids is 1. The molecule has 1 atom stereocenters. The monoisotopic (exact) mass is 305 g/mol. The number of rotatable bonds is 6. The summed E-state index contributed by atoms with van der Waals surface area (Å²) in [6.45, 7) is 4.97. The van der Waals surface area contributed by atoms with Gasteiger partial charge in [-0.1, -0.05) is 26.0 Å². The van der Waals surface area contributed by atoms with E-state index in [2.05, 4.69) is 13.8 Å². The van der Waals surface area contributed by atoms with Crippen LogP contribution < -0.4 is 4.90 Å². The van der Waals surface area contributed by atoms with Crippen LogP contribution in [-0.2, 0) is 14.3 Å². The van der Waals surface area contributed by atoms with Gasteiger partial charge in [-0.15, -0.1) is 0 Å². The third-order valence-corrected chi connectivity index (χ3v) is 3.89. The number of carboxylic acids is 1. The van der Waals surface area contributed by atoms with Gasteiger partial charge in [-0.3, -0.25) is 9.59 Å². The van der Waals surface area contributed by atoms with Crippen molar-refractivity contribution in [3.8, 4) is 0 Å². The van der Waals surface area contributed by atoms with Gasteiger partial charge in [-0.2, -0.15) is 0 Å². The van der Waals surface area contributed by atoms with Crippen molar-refractivity contribution in [3.63, 3.8) is 0 Å². The highest BCUT2D eigenvalue weighted by Gasteiger charge is 2.29. The van der Waals surface area contributed by atoms with E-state index >= 15 is 0 Å². The molecule has 1 amide bonds. The number of amides is 1. The highest BCUT2D eigenvalue weighted by atomic mass is 16.5. The molecule has 1 aromatic rings. The van der Waals surface area contributed by atoms with Gasteiger partial charge in [0.2, 0.25) is 0 Å². The molecule has 0 aromatic heterocycles. The molecule has 0 radical (unpaired) electrons. The van der Waals surface area contributed by atoms with Gasteiger partial charge in [0.1, 0.15) is 6.10 Å². The number of hydrogen-bond acceptors (Lipinski definition) is 3. The summed E-state index contributed by atoms with van der Waals surface area (Å²) in [6, 6.07) is 7.72. The average Bonchev–Trinajstić information content (AvgIpc) is 3.01. The molecule has 1 unspecified atom stereocenters. The molecule has 0 saturated carbocycles. The maximum Gasteiger partial charge on any atom is 0.305 e. The van der Waals surface area contributed by atoms with Crippen LogP contribution in [0.3, 0.4) is 0 Å². The number of carbonyl (C=O) groups is 2. The highest BCUT2D eigenvalue weighted by Crippen LogP contribution is 2.23. The molecule has 1 N–H and O–H groups in total. The van der Waals surface area contributed by atoms with Crippen LogP contribution in [0.5, 0.6) is 0 Å². The molecule has 1 heterocycles. The fourth-order valence-electron chi connectivity index (χ4n) is 2.56. The van der Waals surface area contributed by atoms with Crippen molar-refractivity contribution in [2.45, 2.75) is 45.1 Å². The molecule has 5 heteroatoms. The number of benzene rings is 1. The summed E-state index contributed by atoms with van der Waals surface area (Å²) in [5.41, 5.74) is 1.91. The third-order valence-electron chi connectivity index (χ3n) is 3.89. The second-order valence-corrected chi connectivity index (χ2v) is 5.88. The first-order valence-electron chi connectivity index (χ1n) is 7.73. The van der Waals surface area contributed by atoms with Crippen molar-refractivity contribution in [2.75, 3.05) is 18.1 Å². The quantitative estimate of drug-likeness (QED) is 0.877. The van der Waals surface area contributed by atoms with Gasteiger partial charge in [0.25, 0.3) is 5.91 Å². The van der Waals surface area contributed by atoms with Crippen LogP contribution in [0.1, 0.15) is 44.6 Å². The number of ether oxygens (including phenoxy) is 1. The van der Waals surface area contributed by atoms with Crippen molar-refractivity contribution < 1.29 is 19.4 Å². The van der Waals surface area contributed by atoms with E-state index in [-0.39, 0.29) is 18.9 Å². The normalized spacial score (nSPS) is 17.7. The molecule has 0 aliphatic carbocycles. The molecule has 22 heavy (non-hydrogen) atoms. The molecule has 1 aliphatic heterocycles. The number of hydrogen-bond donors (Lipinski definition) is 1. The van der Waals surface area contributed by atoms with Gasteiger partial charge < -0.3 is 14.7 Å². The van der Waals surface area contributed by atoms with Crippen molar-refractivity contribution >= 4 is 17.6 Å². The fourth-order valence-corrected chi connectivity index (χ4v) is 2.56. The van der Waals surface area contributed by atoms with Crippen LogP contribution in [0.15, 0.2) is 24.3 Å². The first kappa shape index (κ1) is 16.5. The van der Waals surface area contributed by atoms with E-state index in [4.69, 9.17) is 9.84 Å². The highest BCUT2D eigenvalue weighted by molar-refractivity contribution is 5.97. The van der Waals surface area contributed by atoms with E-state index in [0.29, 0.717) is 18.9 Å². The predicted octanol–water partition coefficient (Wildman–Crippen LogP) is 2.80. The van der Waals surface area contributed by atoms with Gasteiger partial charge in [0.15, 0.2) is 0 Å². The Morgan fingerprint density at radius 2 is 2.00 bits per heavy atom. The van der Waals surface area contributed by atoms with E-state index in [0.717, 1.165) is 12.1 Å². The molecule has 5 nitrogen and oxygen atoms in total. The maximum atomic E-state index is 12.6. The Morgan fingerprint density at radius 1 is 1.32 bits per heavy atom. The molecule has 1 saturated heterocycles. The molecule has 1 aromatic carbocycles. The summed E-state index contributed by atoms with van der Waals surface area (Å²) in [7, 11) is 0. The lowest BCUT2D eigenvalue weighted by Crippen LogP contribution is -2.40. The Hall–Kier alpha value is -1.88. The zero-order valence-electron chi connectivity index (χ0n) is 13.1. The Bertz CT molecular complexity index is 518. The Labute approximate surface area is 130 Å². The van der Waals surface area contributed by atoms with Gasteiger partial charge in [0.05, 0.1) is 6.42 Å². The van der Waals surface area contributed by atoms with Crippen LogP contribution in [-0.4, -0.2) is 36.2 Å². The van der Waals surface area contributed by atoms with Crippen LogP contribution in [0, 0.1) is 0 Å². The average molecular weight is 305 g/mol. The summed E-state index contributed by atoms with van der Waals surface area (Å²) in [4.78, 5) is 25.0.